The van der Waals surface area contributed by atoms with E-state index in [4.69, 9.17) is 27.9 Å². The number of ether oxygens (including phenoxy) is 1. The molecule has 1 saturated heterocycles. The Balaban J connectivity index is 1.22. The molecule has 1 saturated carbocycles. The van der Waals surface area contributed by atoms with E-state index in [2.05, 4.69) is 25.1 Å². The fourth-order valence-electron chi connectivity index (χ4n) is 5.34. The van der Waals surface area contributed by atoms with Crippen molar-refractivity contribution in [3.8, 4) is 17.0 Å². The van der Waals surface area contributed by atoms with Gasteiger partial charge >= 0.3 is 0 Å². The molecule has 0 amide bonds. The lowest BCUT2D eigenvalue weighted by Crippen LogP contribution is -2.64. The second-order valence-corrected chi connectivity index (χ2v) is 10.6. The molecule has 2 fully saturated rings. The quantitative estimate of drug-likeness (QED) is 0.356. The largest absolute Gasteiger partial charge is 0.486 e. The number of rotatable bonds is 5. The molecule has 0 radical (unpaired) electrons. The van der Waals surface area contributed by atoms with Crippen LogP contribution in [0.5, 0.6) is 5.75 Å². The van der Waals surface area contributed by atoms with Gasteiger partial charge in [-0.1, -0.05) is 23.2 Å². The van der Waals surface area contributed by atoms with Gasteiger partial charge in [0.1, 0.15) is 23.4 Å². The number of aryl methyl sites for hydroxylation is 1. The zero-order valence-electron chi connectivity index (χ0n) is 19.4. The summed E-state index contributed by atoms with van der Waals surface area (Å²) in [6.07, 6.45) is 4.79. The summed E-state index contributed by atoms with van der Waals surface area (Å²) >= 11 is 12.8. The number of aliphatic hydroxyl groups is 1. The molecule has 2 aliphatic rings. The first-order valence-corrected chi connectivity index (χ1v) is 12.4. The third-order valence-corrected chi connectivity index (χ3v) is 7.95. The summed E-state index contributed by atoms with van der Waals surface area (Å²) in [5.41, 5.74) is 4.38. The average Bonchev–Trinajstić information content (AvgIpc) is 3.21. The summed E-state index contributed by atoms with van der Waals surface area (Å²) < 4.78 is 6.22. The Labute approximate surface area is 213 Å². The number of aromatic nitrogens is 4. The molecule has 1 aliphatic carbocycles. The van der Waals surface area contributed by atoms with Gasteiger partial charge in [0.25, 0.3) is 0 Å². The Morgan fingerprint density at radius 3 is 2.66 bits per heavy atom. The monoisotopic (exact) mass is 509 g/mol. The highest BCUT2D eigenvalue weighted by atomic mass is 35.5. The zero-order valence-corrected chi connectivity index (χ0v) is 20.9. The molecule has 1 atom stereocenters. The highest BCUT2D eigenvalue weighted by Crippen LogP contribution is 2.49. The molecule has 1 spiro atoms. The van der Waals surface area contributed by atoms with E-state index >= 15 is 0 Å². The Morgan fingerprint density at radius 1 is 1.14 bits per heavy atom. The van der Waals surface area contributed by atoms with E-state index < -0.39 is 0 Å². The van der Waals surface area contributed by atoms with Crippen molar-refractivity contribution in [2.24, 2.45) is 5.41 Å². The van der Waals surface area contributed by atoms with E-state index in [9.17, 15) is 5.11 Å². The Kier molecular flexibility index (Phi) is 5.40. The molecule has 35 heavy (non-hydrogen) atoms. The minimum atomic E-state index is -0.359. The summed E-state index contributed by atoms with van der Waals surface area (Å²) in [5.74, 6) is 1.65. The van der Waals surface area contributed by atoms with Crippen LogP contribution in [0.3, 0.4) is 0 Å². The average molecular weight is 510 g/mol. The number of nitrogens with one attached hydrogen (secondary N) is 1. The van der Waals surface area contributed by atoms with Gasteiger partial charge in [0.2, 0.25) is 0 Å². The zero-order chi connectivity index (χ0) is 24.3. The van der Waals surface area contributed by atoms with Crippen LogP contribution in [0.25, 0.3) is 22.2 Å². The van der Waals surface area contributed by atoms with E-state index in [0.717, 1.165) is 59.5 Å². The van der Waals surface area contributed by atoms with Gasteiger partial charge in [0.15, 0.2) is 0 Å². The summed E-state index contributed by atoms with van der Waals surface area (Å²) in [6, 6.07) is 9.90. The number of halogens is 2. The van der Waals surface area contributed by atoms with Crippen molar-refractivity contribution in [3.05, 3.63) is 64.0 Å². The summed E-state index contributed by atoms with van der Waals surface area (Å²) in [6.45, 7) is 5.69. The fraction of sp³-hybridized carbons (Fsp3) is 0.346. The van der Waals surface area contributed by atoms with E-state index in [-0.39, 0.29) is 12.2 Å². The number of pyridine rings is 2. The maximum Gasteiger partial charge on any atom is 0.128 e. The van der Waals surface area contributed by atoms with Gasteiger partial charge in [-0.25, -0.2) is 4.98 Å². The van der Waals surface area contributed by atoms with Crippen LogP contribution < -0.4 is 9.64 Å². The van der Waals surface area contributed by atoms with Crippen molar-refractivity contribution in [2.75, 3.05) is 18.0 Å². The fourth-order valence-corrected chi connectivity index (χ4v) is 5.99. The first kappa shape index (κ1) is 22.6. The molecule has 9 heteroatoms. The lowest BCUT2D eigenvalue weighted by atomic mass is 9.62. The Hall–Kier alpha value is -2.87. The molecule has 1 aliphatic heterocycles. The number of benzene rings is 1. The van der Waals surface area contributed by atoms with Crippen LogP contribution in [-0.4, -0.2) is 44.5 Å². The third-order valence-electron chi connectivity index (χ3n) is 7.17. The van der Waals surface area contributed by atoms with Gasteiger partial charge in [0.05, 0.1) is 27.4 Å². The van der Waals surface area contributed by atoms with E-state index in [1.807, 2.05) is 50.4 Å². The van der Waals surface area contributed by atoms with E-state index in [0.29, 0.717) is 26.9 Å². The van der Waals surface area contributed by atoms with Gasteiger partial charge in [-0.2, -0.15) is 5.10 Å². The molecule has 7 nitrogen and oxygen atoms in total. The highest BCUT2D eigenvalue weighted by Gasteiger charge is 2.52. The van der Waals surface area contributed by atoms with Crippen LogP contribution in [0.15, 0.2) is 42.7 Å². The summed E-state index contributed by atoms with van der Waals surface area (Å²) in [5, 5.41) is 19.2. The minimum absolute atomic E-state index is 0.125. The van der Waals surface area contributed by atoms with Crippen molar-refractivity contribution in [2.45, 2.75) is 38.9 Å². The van der Waals surface area contributed by atoms with Crippen LogP contribution in [0.1, 0.15) is 37.1 Å². The highest BCUT2D eigenvalue weighted by molar-refractivity contribution is 6.36. The lowest BCUT2D eigenvalue weighted by molar-refractivity contribution is -0.0494. The second kappa shape index (κ2) is 8.36. The standard InChI is InChI=1S/C26H25Cl2N5O2/c1-14-24(28)23(20(27)11-29-14)15(2)35-18-4-5-21-19(7-18)25(32-31-21)16-3-6-22(30-10-16)33-12-26(13-33)8-17(34)9-26/h3-7,10-11,15,17,34H,8-9,12-13H2,1-2H3,(H,31,32)/t15-/m1/s1. The number of aliphatic hydroxyl groups excluding tert-OH is 1. The third kappa shape index (κ3) is 3.92. The van der Waals surface area contributed by atoms with Crippen molar-refractivity contribution < 1.29 is 9.84 Å². The molecular formula is C26H25Cl2N5O2. The molecule has 2 N–H and O–H groups in total. The lowest BCUT2D eigenvalue weighted by Gasteiger charge is -2.58. The van der Waals surface area contributed by atoms with Crippen LogP contribution in [0.4, 0.5) is 5.82 Å². The number of H-pyrrole nitrogens is 1. The van der Waals surface area contributed by atoms with Crippen LogP contribution in [-0.2, 0) is 0 Å². The predicted molar refractivity (Wildman–Crippen MR) is 137 cm³/mol. The van der Waals surface area contributed by atoms with Crippen molar-refractivity contribution >= 4 is 39.9 Å². The molecule has 180 valence electrons. The molecular weight excluding hydrogens is 485 g/mol. The van der Waals surface area contributed by atoms with Gasteiger partial charge in [0, 0.05) is 47.4 Å². The molecule has 0 unspecified atom stereocenters. The number of anilines is 1. The van der Waals surface area contributed by atoms with Crippen molar-refractivity contribution in [1.29, 1.82) is 0 Å². The number of hydrogen-bond acceptors (Lipinski definition) is 6. The normalized spacial score (nSPS) is 17.9. The molecule has 4 aromatic rings. The van der Waals surface area contributed by atoms with E-state index in [1.165, 1.54) is 0 Å². The summed E-state index contributed by atoms with van der Waals surface area (Å²) in [7, 11) is 0. The van der Waals surface area contributed by atoms with Gasteiger partial charge < -0.3 is 14.7 Å². The molecule has 1 aromatic carbocycles. The van der Waals surface area contributed by atoms with E-state index in [1.54, 1.807) is 6.20 Å². The van der Waals surface area contributed by atoms with Crippen LogP contribution >= 0.6 is 23.2 Å². The molecule has 3 aromatic heterocycles. The van der Waals surface area contributed by atoms with Crippen molar-refractivity contribution in [3.63, 3.8) is 0 Å². The first-order valence-electron chi connectivity index (χ1n) is 11.7. The van der Waals surface area contributed by atoms with Gasteiger partial charge in [-0.05, 0) is 57.0 Å². The number of fused-ring (bicyclic) bond motifs is 1. The number of aromatic amines is 1. The number of hydrogen-bond donors (Lipinski definition) is 2. The Morgan fingerprint density at radius 2 is 1.94 bits per heavy atom. The first-order chi connectivity index (χ1) is 16.8. The van der Waals surface area contributed by atoms with Crippen LogP contribution in [0, 0.1) is 12.3 Å². The van der Waals surface area contributed by atoms with Gasteiger partial charge in [-0.3, -0.25) is 10.1 Å². The smallest absolute Gasteiger partial charge is 0.128 e. The van der Waals surface area contributed by atoms with Crippen molar-refractivity contribution in [1.82, 2.24) is 20.2 Å². The Bertz CT molecular complexity index is 1410. The second-order valence-electron chi connectivity index (χ2n) is 9.78. The van der Waals surface area contributed by atoms with Crippen LogP contribution in [0.2, 0.25) is 10.0 Å². The summed E-state index contributed by atoms with van der Waals surface area (Å²) in [4.78, 5) is 11.2. The SMILES string of the molecule is Cc1ncc(Cl)c([C@@H](C)Oc2ccc3[nH]nc(-c4ccc(N5CC6(CC(O)C6)C5)nc4)c3c2)c1Cl. The maximum absolute atomic E-state index is 9.63. The molecule has 0 bridgehead atoms. The molecule has 4 heterocycles. The minimum Gasteiger partial charge on any atom is -0.486 e. The number of nitrogens with zero attached hydrogens (tertiary/aromatic N) is 4. The van der Waals surface area contributed by atoms with Gasteiger partial charge in [-0.15, -0.1) is 0 Å². The molecule has 6 rings (SSSR count). The predicted octanol–water partition coefficient (Wildman–Crippen LogP) is 5.74. The maximum atomic E-state index is 9.63. The topological polar surface area (TPSA) is 87.2 Å².